The molecule has 1 amide bonds. The van der Waals surface area contributed by atoms with Gasteiger partial charge in [-0.2, -0.15) is 5.10 Å². The third-order valence-corrected chi connectivity index (χ3v) is 8.89. The number of rotatable bonds is 6. The van der Waals surface area contributed by atoms with Crippen LogP contribution in [0.4, 0.5) is 5.82 Å². The number of thiazole rings is 1. The molecule has 12 nitrogen and oxygen atoms in total. The van der Waals surface area contributed by atoms with Crippen LogP contribution >= 0.6 is 11.3 Å². The highest BCUT2D eigenvalue weighted by Crippen LogP contribution is 2.37. The van der Waals surface area contributed by atoms with Gasteiger partial charge in [0.1, 0.15) is 17.1 Å². The molecule has 220 valence electrons. The van der Waals surface area contributed by atoms with Crippen molar-refractivity contribution in [2.75, 3.05) is 5.73 Å². The lowest BCUT2D eigenvalue weighted by Gasteiger charge is -2.16. The highest BCUT2D eigenvalue weighted by molar-refractivity contribution is 7.17. The van der Waals surface area contributed by atoms with Crippen LogP contribution in [0.25, 0.3) is 44.3 Å². The number of carbonyl (C=O) groups excluding carboxylic acids is 2. The number of phenolic OH excluding ortho intramolecular Hbond substituents is 1. The Morgan fingerprint density at radius 2 is 2.00 bits per heavy atom. The third-order valence-electron chi connectivity index (χ3n) is 8.06. The van der Waals surface area contributed by atoms with Gasteiger partial charge in [-0.3, -0.25) is 14.2 Å². The summed E-state index contributed by atoms with van der Waals surface area (Å²) >= 11 is 1.18. The van der Waals surface area contributed by atoms with E-state index in [-0.39, 0.29) is 28.8 Å². The van der Waals surface area contributed by atoms with E-state index in [1.165, 1.54) is 17.4 Å². The first kappa shape index (κ1) is 26.7. The average molecular weight is 614 g/mol. The number of imidazole rings is 1. The molecule has 0 spiro atoms. The van der Waals surface area contributed by atoms with Gasteiger partial charge in [0.2, 0.25) is 0 Å². The van der Waals surface area contributed by atoms with E-state index in [2.05, 4.69) is 26.4 Å². The Morgan fingerprint density at radius 3 is 2.82 bits per heavy atom. The minimum atomic E-state index is -0.360. The normalized spacial score (nSPS) is 14.2. The van der Waals surface area contributed by atoms with Crippen LogP contribution in [0, 0.1) is 0 Å². The maximum absolute atomic E-state index is 13.5. The van der Waals surface area contributed by atoms with Crippen molar-refractivity contribution >= 4 is 50.7 Å². The van der Waals surface area contributed by atoms with Gasteiger partial charge in [0, 0.05) is 24.3 Å². The van der Waals surface area contributed by atoms with Gasteiger partial charge < -0.3 is 16.2 Å². The van der Waals surface area contributed by atoms with Gasteiger partial charge in [-0.05, 0) is 72.5 Å². The highest BCUT2D eigenvalue weighted by Gasteiger charge is 2.28. The number of pyridine rings is 2. The molecule has 13 heteroatoms. The molecule has 0 fully saturated rings. The lowest BCUT2D eigenvalue weighted by atomic mass is 10.0. The summed E-state index contributed by atoms with van der Waals surface area (Å²) in [7, 11) is 0. The van der Waals surface area contributed by atoms with Crippen molar-refractivity contribution in [2.45, 2.75) is 18.9 Å². The number of hydrogen-bond donors (Lipinski definition) is 3. The fourth-order valence-electron chi connectivity index (χ4n) is 5.93. The van der Waals surface area contributed by atoms with E-state index in [9.17, 15) is 14.7 Å². The second kappa shape index (κ2) is 10.3. The quantitative estimate of drug-likeness (QED) is 0.223. The molecule has 0 aliphatic heterocycles. The zero-order valence-electron chi connectivity index (χ0n) is 23.5. The minimum Gasteiger partial charge on any atom is -0.506 e. The molecule has 0 radical (unpaired) electrons. The van der Waals surface area contributed by atoms with Crippen LogP contribution < -0.4 is 11.1 Å². The average Bonchev–Trinajstić information content (AvgIpc) is 3.87. The highest BCUT2D eigenvalue weighted by atomic mass is 32.1. The number of nitrogens with two attached hydrogens (primary N) is 1. The number of aldehydes is 1. The number of fused-ring (bicyclic) bond motifs is 3. The first-order valence-electron chi connectivity index (χ1n) is 14.1. The van der Waals surface area contributed by atoms with E-state index >= 15 is 0 Å². The Labute approximate surface area is 258 Å². The molecule has 1 atom stereocenters. The zero-order chi connectivity index (χ0) is 30.7. The molecule has 2 aromatic carbocycles. The molecular formula is C32H23N9O3S. The van der Waals surface area contributed by atoms with E-state index in [1.54, 1.807) is 22.6 Å². The van der Waals surface area contributed by atoms with Crippen molar-refractivity contribution in [1.82, 2.24) is 39.6 Å². The van der Waals surface area contributed by atoms with Gasteiger partial charge in [0.15, 0.2) is 23.6 Å². The predicted molar refractivity (Wildman–Crippen MR) is 169 cm³/mol. The SMILES string of the molecule is Nc1ncccc1-c1nc2ccc(-n3cccn3)nc2n1-c1ccc2c(c1)CC[C@@H]2NC(=O)c1cc(C=O)c(O)c2scnc12. The Kier molecular flexibility index (Phi) is 6.13. The number of hydrogen-bond acceptors (Lipinski definition) is 10. The second-order valence-electron chi connectivity index (χ2n) is 10.6. The van der Waals surface area contributed by atoms with Crippen LogP contribution in [-0.4, -0.2) is 51.6 Å². The Hall–Kier alpha value is -5.95. The maximum Gasteiger partial charge on any atom is 0.254 e. The van der Waals surface area contributed by atoms with E-state index in [0.29, 0.717) is 57.1 Å². The van der Waals surface area contributed by atoms with Gasteiger partial charge in [0.25, 0.3) is 5.91 Å². The van der Waals surface area contributed by atoms with Crippen LogP contribution in [0.15, 0.2) is 78.7 Å². The Bertz CT molecular complexity index is 2290. The fraction of sp³-hybridized carbons (Fsp3) is 0.0938. The summed E-state index contributed by atoms with van der Waals surface area (Å²) in [5.41, 5.74) is 13.4. The van der Waals surface area contributed by atoms with Gasteiger partial charge >= 0.3 is 0 Å². The summed E-state index contributed by atoms with van der Waals surface area (Å²) in [4.78, 5) is 43.4. The molecular weight excluding hydrogens is 590 g/mol. The smallest absolute Gasteiger partial charge is 0.254 e. The van der Waals surface area contributed by atoms with Gasteiger partial charge in [-0.1, -0.05) is 6.07 Å². The number of benzene rings is 2. The van der Waals surface area contributed by atoms with E-state index < -0.39 is 0 Å². The number of nitrogens with one attached hydrogen (secondary N) is 1. The first-order chi connectivity index (χ1) is 22.0. The van der Waals surface area contributed by atoms with Gasteiger partial charge in [0.05, 0.1) is 38.5 Å². The molecule has 4 N–H and O–H groups in total. The van der Waals surface area contributed by atoms with E-state index in [1.807, 2.05) is 53.2 Å². The number of aromatic nitrogens is 7. The van der Waals surface area contributed by atoms with Crippen molar-refractivity contribution in [3.05, 3.63) is 101 Å². The number of nitrogens with zero attached hydrogens (tertiary/aromatic N) is 7. The number of aromatic hydroxyl groups is 1. The Balaban J connectivity index is 1.19. The summed E-state index contributed by atoms with van der Waals surface area (Å²) in [6.45, 7) is 0. The minimum absolute atomic E-state index is 0.0512. The van der Waals surface area contributed by atoms with Crippen LogP contribution in [0.3, 0.4) is 0 Å². The lowest BCUT2D eigenvalue weighted by molar-refractivity contribution is 0.0938. The molecule has 5 heterocycles. The number of phenols is 1. The zero-order valence-corrected chi connectivity index (χ0v) is 24.3. The van der Waals surface area contributed by atoms with Crippen molar-refractivity contribution in [3.63, 3.8) is 0 Å². The summed E-state index contributed by atoms with van der Waals surface area (Å²) in [5, 5.41) is 17.8. The van der Waals surface area contributed by atoms with Gasteiger partial charge in [-0.25, -0.2) is 24.6 Å². The molecule has 8 rings (SSSR count). The summed E-state index contributed by atoms with van der Waals surface area (Å²) in [6, 6.07) is 16.5. The Morgan fingerprint density at radius 1 is 1.09 bits per heavy atom. The second-order valence-corrected chi connectivity index (χ2v) is 11.5. The summed E-state index contributed by atoms with van der Waals surface area (Å²) in [6.07, 6.45) is 7.13. The molecule has 0 bridgehead atoms. The number of nitrogen functional groups attached to an aromatic ring is 1. The molecule has 5 aromatic heterocycles. The fourth-order valence-corrected chi connectivity index (χ4v) is 6.70. The summed E-state index contributed by atoms with van der Waals surface area (Å²) in [5.74, 6) is 1.08. The predicted octanol–water partition coefficient (Wildman–Crippen LogP) is 4.80. The number of aryl methyl sites for hydroxylation is 1. The molecule has 7 aromatic rings. The van der Waals surface area contributed by atoms with Crippen LogP contribution in [-0.2, 0) is 6.42 Å². The molecule has 1 aliphatic carbocycles. The van der Waals surface area contributed by atoms with E-state index in [4.69, 9.17) is 15.7 Å². The van der Waals surface area contributed by atoms with Crippen molar-refractivity contribution < 1.29 is 14.7 Å². The van der Waals surface area contributed by atoms with Crippen LogP contribution in [0.5, 0.6) is 5.75 Å². The van der Waals surface area contributed by atoms with Crippen LogP contribution in [0.1, 0.15) is 44.3 Å². The molecule has 45 heavy (non-hydrogen) atoms. The lowest BCUT2D eigenvalue weighted by Crippen LogP contribution is -2.27. The topological polar surface area (TPSA) is 167 Å². The first-order valence-corrected chi connectivity index (χ1v) is 15.0. The van der Waals surface area contributed by atoms with Crippen LogP contribution in [0.2, 0.25) is 0 Å². The standard InChI is InChI=1S/C32H23N9O3S/c33-29-21(3-1-10-34-29)30-37-24-8-9-25(40-12-2-11-36-40)39-31(24)41(30)19-5-6-20-17(13-19)4-7-23(20)38-32(44)22-14-18(15-42)27(43)28-26(22)35-16-45-28/h1-3,5-6,8-16,23,43H,4,7H2,(H2,33,34)(H,38,44)/t23-/m0/s1. The number of anilines is 1. The number of amides is 1. The third kappa shape index (κ3) is 4.32. The molecule has 1 aliphatic rings. The summed E-state index contributed by atoms with van der Waals surface area (Å²) < 4.78 is 4.07. The van der Waals surface area contributed by atoms with Crippen molar-refractivity contribution in [3.8, 4) is 28.6 Å². The monoisotopic (exact) mass is 613 g/mol. The molecule has 0 saturated carbocycles. The van der Waals surface area contributed by atoms with Crippen molar-refractivity contribution in [2.24, 2.45) is 0 Å². The number of carbonyl (C=O) groups is 2. The largest absolute Gasteiger partial charge is 0.506 e. The van der Waals surface area contributed by atoms with E-state index in [0.717, 1.165) is 23.2 Å². The molecule has 0 unspecified atom stereocenters. The molecule has 0 saturated heterocycles. The maximum atomic E-state index is 13.5. The van der Waals surface area contributed by atoms with Crippen molar-refractivity contribution in [1.29, 1.82) is 0 Å². The van der Waals surface area contributed by atoms with Gasteiger partial charge in [-0.15, -0.1) is 11.3 Å².